The number of fused-ring (bicyclic) bond motifs is 5. The Hall–Kier alpha value is -3.73. The molecule has 4 aromatic rings. The molecule has 5 heteroatoms. The number of rotatable bonds is 5. The molecule has 0 amide bonds. The van der Waals surface area contributed by atoms with Gasteiger partial charge in [-0.15, -0.1) is 0 Å². The Labute approximate surface area is 211 Å². The molecule has 6 rings (SSSR count). The zero-order chi connectivity index (χ0) is 24.5. The summed E-state index contributed by atoms with van der Waals surface area (Å²) in [6.45, 7) is 1.72. The first-order valence-corrected chi connectivity index (χ1v) is 12.9. The Morgan fingerprint density at radius 3 is 2.64 bits per heavy atom. The standard InChI is InChI=1S/C31H31NO4/c1-34-31(33)23-15-16-24-26(19-23)32-17-18-35-30-25(29(32)28(24)22-11-6-3-7-12-22)13-8-14-27(30)36-20-21-9-4-2-5-10-21/h2,4-5,8-10,13-16,19,22H,3,6-7,11-12,17-18,20H2,1H3. The fraction of sp³-hybridized carbons (Fsp3) is 0.323. The van der Waals surface area contributed by atoms with Crippen molar-refractivity contribution in [1.82, 2.24) is 4.57 Å². The topological polar surface area (TPSA) is 49.7 Å². The normalized spacial score (nSPS) is 15.5. The summed E-state index contributed by atoms with van der Waals surface area (Å²) in [6, 6.07) is 22.4. The Morgan fingerprint density at radius 2 is 1.83 bits per heavy atom. The number of methoxy groups -OCH3 is 1. The second kappa shape index (κ2) is 9.73. The van der Waals surface area contributed by atoms with E-state index in [-0.39, 0.29) is 5.97 Å². The lowest BCUT2D eigenvalue weighted by Gasteiger charge is -2.24. The van der Waals surface area contributed by atoms with Crippen LogP contribution in [-0.2, 0) is 17.9 Å². The number of ether oxygens (including phenoxy) is 3. The first-order valence-electron chi connectivity index (χ1n) is 12.9. The average Bonchev–Trinajstić information content (AvgIpc) is 3.13. The molecule has 184 valence electrons. The van der Waals surface area contributed by atoms with Gasteiger partial charge in [-0.1, -0.05) is 61.7 Å². The minimum Gasteiger partial charge on any atom is -0.487 e. The van der Waals surface area contributed by atoms with E-state index in [4.69, 9.17) is 14.2 Å². The summed E-state index contributed by atoms with van der Waals surface area (Å²) in [7, 11) is 1.43. The molecule has 0 N–H and O–H groups in total. The van der Waals surface area contributed by atoms with Crippen LogP contribution in [0.15, 0.2) is 66.7 Å². The molecule has 0 saturated heterocycles. The SMILES string of the molecule is COC(=O)c1ccc2c(C3CCCCC3)c3n(c2c1)CCOc1c(OCc2ccccc2)cccc1-3. The molecular weight excluding hydrogens is 450 g/mol. The number of benzene rings is 3. The molecule has 0 spiro atoms. The Bertz CT molecular complexity index is 1400. The quantitative estimate of drug-likeness (QED) is 0.285. The minimum atomic E-state index is -0.312. The van der Waals surface area contributed by atoms with Crippen LogP contribution < -0.4 is 9.47 Å². The van der Waals surface area contributed by atoms with Crippen LogP contribution in [0.25, 0.3) is 22.2 Å². The van der Waals surface area contributed by atoms with Crippen LogP contribution in [0.3, 0.4) is 0 Å². The number of nitrogens with zero attached hydrogens (tertiary/aromatic N) is 1. The van der Waals surface area contributed by atoms with Crippen LogP contribution in [-0.4, -0.2) is 24.3 Å². The first-order chi connectivity index (χ1) is 17.7. The van der Waals surface area contributed by atoms with Gasteiger partial charge in [0.1, 0.15) is 13.2 Å². The molecule has 0 bridgehead atoms. The highest BCUT2D eigenvalue weighted by molar-refractivity contribution is 5.99. The predicted octanol–water partition coefficient (Wildman–Crippen LogP) is 7.11. The summed E-state index contributed by atoms with van der Waals surface area (Å²) in [5, 5.41) is 1.23. The number of hydrogen-bond donors (Lipinski definition) is 0. The van der Waals surface area contributed by atoms with E-state index in [1.807, 2.05) is 36.4 Å². The maximum absolute atomic E-state index is 12.4. The largest absolute Gasteiger partial charge is 0.487 e. The van der Waals surface area contributed by atoms with Gasteiger partial charge in [0.05, 0.1) is 24.9 Å². The van der Waals surface area contributed by atoms with Crippen molar-refractivity contribution < 1.29 is 19.0 Å². The van der Waals surface area contributed by atoms with Gasteiger partial charge < -0.3 is 18.8 Å². The summed E-state index contributed by atoms with van der Waals surface area (Å²) in [5.41, 5.74) is 6.42. The predicted molar refractivity (Wildman–Crippen MR) is 141 cm³/mol. The van der Waals surface area contributed by atoms with Crippen LogP contribution in [0.2, 0.25) is 0 Å². The van der Waals surface area contributed by atoms with Gasteiger partial charge in [0, 0.05) is 16.5 Å². The Kier molecular flexibility index (Phi) is 6.14. The van der Waals surface area contributed by atoms with E-state index in [0.717, 1.165) is 28.1 Å². The molecule has 0 radical (unpaired) electrons. The maximum Gasteiger partial charge on any atom is 0.337 e. The molecule has 0 unspecified atom stereocenters. The van der Waals surface area contributed by atoms with Gasteiger partial charge in [0.2, 0.25) is 0 Å². The monoisotopic (exact) mass is 481 g/mol. The fourth-order valence-electron chi connectivity index (χ4n) is 5.89. The molecule has 1 fully saturated rings. The zero-order valence-electron chi connectivity index (χ0n) is 20.7. The lowest BCUT2D eigenvalue weighted by Crippen LogP contribution is -2.07. The molecule has 1 aromatic heterocycles. The molecule has 36 heavy (non-hydrogen) atoms. The smallest absolute Gasteiger partial charge is 0.337 e. The highest BCUT2D eigenvalue weighted by atomic mass is 16.5. The molecule has 1 saturated carbocycles. The summed E-state index contributed by atoms with van der Waals surface area (Å²) >= 11 is 0. The molecule has 2 heterocycles. The summed E-state index contributed by atoms with van der Waals surface area (Å²) in [6.07, 6.45) is 6.17. The first kappa shape index (κ1) is 22.7. The molecule has 1 aliphatic heterocycles. The Balaban J connectivity index is 1.51. The molecule has 0 atom stereocenters. The molecular formula is C31H31NO4. The lowest BCUT2D eigenvalue weighted by atomic mass is 9.81. The average molecular weight is 482 g/mol. The van der Waals surface area contributed by atoms with E-state index in [1.165, 1.54) is 55.9 Å². The summed E-state index contributed by atoms with van der Waals surface area (Å²) in [5.74, 6) is 1.75. The van der Waals surface area contributed by atoms with Crippen molar-refractivity contribution in [2.75, 3.05) is 13.7 Å². The van der Waals surface area contributed by atoms with Crippen molar-refractivity contribution in [3.63, 3.8) is 0 Å². The third kappa shape index (κ3) is 4.02. The van der Waals surface area contributed by atoms with E-state index in [2.05, 4.69) is 34.9 Å². The van der Waals surface area contributed by atoms with Crippen molar-refractivity contribution in [3.05, 3.63) is 83.4 Å². The summed E-state index contributed by atoms with van der Waals surface area (Å²) < 4.78 is 20.0. The second-order valence-electron chi connectivity index (χ2n) is 9.73. The van der Waals surface area contributed by atoms with Gasteiger partial charge in [-0.25, -0.2) is 4.79 Å². The molecule has 5 nitrogen and oxygen atoms in total. The lowest BCUT2D eigenvalue weighted by molar-refractivity contribution is 0.0601. The van der Waals surface area contributed by atoms with Crippen LogP contribution in [0.5, 0.6) is 11.5 Å². The maximum atomic E-state index is 12.4. The third-order valence-electron chi connectivity index (χ3n) is 7.57. The zero-order valence-corrected chi connectivity index (χ0v) is 20.7. The molecule has 1 aliphatic carbocycles. The highest BCUT2D eigenvalue weighted by Crippen LogP contribution is 2.49. The third-order valence-corrected chi connectivity index (χ3v) is 7.57. The number of carbonyl (C=O) groups excluding carboxylic acids is 1. The van der Waals surface area contributed by atoms with Crippen LogP contribution in [0.4, 0.5) is 0 Å². The molecule has 2 aliphatic rings. The Morgan fingerprint density at radius 1 is 1.00 bits per heavy atom. The van der Waals surface area contributed by atoms with Gasteiger partial charge >= 0.3 is 5.97 Å². The van der Waals surface area contributed by atoms with E-state index >= 15 is 0 Å². The van der Waals surface area contributed by atoms with Crippen molar-refractivity contribution in [3.8, 4) is 22.8 Å². The van der Waals surface area contributed by atoms with Crippen LogP contribution in [0, 0.1) is 0 Å². The molecule has 3 aromatic carbocycles. The minimum absolute atomic E-state index is 0.312. The van der Waals surface area contributed by atoms with Crippen molar-refractivity contribution in [2.24, 2.45) is 0 Å². The van der Waals surface area contributed by atoms with E-state index < -0.39 is 0 Å². The second-order valence-corrected chi connectivity index (χ2v) is 9.73. The highest BCUT2D eigenvalue weighted by Gasteiger charge is 2.30. The van der Waals surface area contributed by atoms with Gasteiger partial charge in [0.15, 0.2) is 11.5 Å². The number of hydrogen-bond acceptors (Lipinski definition) is 4. The van der Waals surface area contributed by atoms with Gasteiger partial charge in [0.25, 0.3) is 0 Å². The van der Waals surface area contributed by atoms with Crippen molar-refractivity contribution >= 4 is 16.9 Å². The van der Waals surface area contributed by atoms with Crippen molar-refractivity contribution in [1.29, 1.82) is 0 Å². The van der Waals surface area contributed by atoms with Crippen molar-refractivity contribution in [2.45, 2.75) is 51.2 Å². The summed E-state index contributed by atoms with van der Waals surface area (Å²) in [4.78, 5) is 12.4. The number of esters is 1. The van der Waals surface area contributed by atoms with E-state index in [9.17, 15) is 4.79 Å². The fourth-order valence-corrected chi connectivity index (χ4v) is 5.89. The van der Waals surface area contributed by atoms with Gasteiger partial charge in [-0.2, -0.15) is 0 Å². The number of carbonyl (C=O) groups is 1. The van der Waals surface area contributed by atoms with Crippen LogP contribution in [0.1, 0.15) is 59.5 Å². The number of aromatic nitrogens is 1. The van der Waals surface area contributed by atoms with E-state index in [0.29, 0.717) is 31.2 Å². The van der Waals surface area contributed by atoms with Gasteiger partial charge in [-0.3, -0.25) is 0 Å². The van der Waals surface area contributed by atoms with E-state index in [1.54, 1.807) is 0 Å². The van der Waals surface area contributed by atoms with Crippen LogP contribution >= 0.6 is 0 Å². The van der Waals surface area contributed by atoms with Gasteiger partial charge in [-0.05, 0) is 54.2 Å². The number of para-hydroxylation sites is 1.